The maximum Gasteiger partial charge on any atom is 0.145 e. The molecule has 1 aliphatic rings. The molecule has 0 bridgehead atoms. The zero-order valence-corrected chi connectivity index (χ0v) is 14.8. The molecule has 1 aliphatic carbocycles. The van der Waals surface area contributed by atoms with Crippen LogP contribution in [0.2, 0.25) is 16.6 Å². The molecule has 0 aromatic rings. The molecule has 2 heteroatoms. The summed E-state index contributed by atoms with van der Waals surface area (Å²) in [6.07, 6.45) is 4.84. The lowest BCUT2D eigenvalue weighted by Crippen LogP contribution is -2.43. The van der Waals surface area contributed by atoms with Gasteiger partial charge in [-0.15, -0.1) is 11.5 Å². The zero-order valence-electron chi connectivity index (χ0n) is 13.8. The van der Waals surface area contributed by atoms with Crippen molar-refractivity contribution >= 4 is 8.07 Å². The van der Waals surface area contributed by atoms with Crippen LogP contribution in [0.25, 0.3) is 0 Å². The summed E-state index contributed by atoms with van der Waals surface area (Å²) in [6, 6.07) is 0.390. The molecule has 0 amide bonds. The highest BCUT2D eigenvalue weighted by atomic mass is 28.3. The van der Waals surface area contributed by atoms with Crippen molar-refractivity contribution in [1.29, 1.82) is 0 Å². The smallest absolute Gasteiger partial charge is 0.145 e. The van der Waals surface area contributed by atoms with E-state index < -0.39 is 8.07 Å². The van der Waals surface area contributed by atoms with Gasteiger partial charge in [-0.05, 0) is 35.9 Å². The zero-order chi connectivity index (χ0) is 14.6. The van der Waals surface area contributed by atoms with Crippen LogP contribution in [0.5, 0.6) is 0 Å². The fourth-order valence-corrected chi connectivity index (χ4v) is 9.34. The molecule has 0 saturated heterocycles. The van der Waals surface area contributed by atoms with Crippen LogP contribution >= 0.6 is 0 Å². The van der Waals surface area contributed by atoms with Gasteiger partial charge in [0.05, 0.1) is 0 Å². The fraction of sp³-hybridized carbons (Fsp3) is 0.882. The molecule has 1 fully saturated rings. The van der Waals surface area contributed by atoms with Crippen LogP contribution in [0.15, 0.2) is 0 Å². The Bertz CT molecular complexity index is 313. The van der Waals surface area contributed by atoms with Gasteiger partial charge in [-0.25, -0.2) is 0 Å². The number of hydrogen-bond acceptors (Lipinski definition) is 1. The Kier molecular flexibility index (Phi) is 6.14. The Morgan fingerprint density at radius 1 is 0.947 bits per heavy atom. The molecule has 2 atom stereocenters. The van der Waals surface area contributed by atoms with Crippen LogP contribution < -0.4 is 5.73 Å². The van der Waals surface area contributed by atoms with Gasteiger partial charge in [0, 0.05) is 12.0 Å². The van der Waals surface area contributed by atoms with E-state index in [1.165, 1.54) is 19.3 Å². The quantitative estimate of drug-likeness (QED) is 0.587. The molecular formula is C17H33NSi. The highest BCUT2D eigenvalue weighted by Crippen LogP contribution is 2.41. The molecule has 0 aliphatic heterocycles. The van der Waals surface area contributed by atoms with E-state index in [0.717, 1.165) is 23.0 Å². The predicted molar refractivity (Wildman–Crippen MR) is 88.8 cm³/mol. The molecular weight excluding hydrogens is 246 g/mol. The Balaban J connectivity index is 2.95. The van der Waals surface area contributed by atoms with Gasteiger partial charge >= 0.3 is 0 Å². The van der Waals surface area contributed by atoms with Crippen molar-refractivity contribution in [3.8, 4) is 11.5 Å². The van der Waals surface area contributed by atoms with Crippen LogP contribution in [0.3, 0.4) is 0 Å². The fourth-order valence-electron chi connectivity index (χ4n) is 4.02. The summed E-state index contributed by atoms with van der Waals surface area (Å²) in [6.45, 7) is 14.3. The van der Waals surface area contributed by atoms with Gasteiger partial charge in [0.25, 0.3) is 0 Å². The maximum absolute atomic E-state index is 6.09. The third-order valence-corrected chi connectivity index (χ3v) is 11.4. The first kappa shape index (κ1) is 16.8. The summed E-state index contributed by atoms with van der Waals surface area (Å²) >= 11 is 0. The SMILES string of the molecule is CC(C)[Si](C#CC1CCCC(N)C1)(C(C)C)C(C)C. The molecule has 1 saturated carbocycles. The molecule has 110 valence electrons. The van der Waals surface area contributed by atoms with Crippen molar-refractivity contribution in [2.45, 2.75) is 89.9 Å². The van der Waals surface area contributed by atoms with E-state index in [4.69, 9.17) is 5.73 Å². The normalized spacial score (nSPS) is 24.7. The average molecular weight is 280 g/mol. The van der Waals surface area contributed by atoms with Crippen molar-refractivity contribution < 1.29 is 0 Å². The third kappa shape index (κ3) is 3.86. The van der Waals surface area contributed by atoms with Crippen LogP contribution in [-0.2, 0) is 0 Å². The largest absolute Gasteiger partial charge is 0.328 e. The standard InChI is InChI=1S/C17H33NSi/c1-13(2)19(14(3)4,15(5)6)11-10-16-8-7-9-17(18)12-16/h13-17H,7-9,12,18H2,1-6H3. The molecule has 19 heavy (non-hydrogen) atoms. The lowest BCUT2D eigenvalue weighted by molar-refractivity contribution is 0.381. The second-order valence-electron chi connectivity index (χ2n) is 7.29. The van der Waals surface area contributed by atoms with Gasteiger partial charge in [-0.1, -0.05) is 48.0 Å². The lowest BCUT2D eigenvalue weighted by Gasteiger charge is -2.38. The van der Waals surface area contributed by atoms with Crippen molar-refractivity contribution in [2.75, 3.05) is 0 Å². The molecule has 1 nitrogen and oxygen atoms in total. The Morgan fingerprint density at radius 3 is 1.89 bits per heavy atom. The Morgan fingerprint density at radius 2 is 1.47 bits per heavy atom. The van der Waals surface area contributed by atoms with Crippen LogP contribution in [0.1, 0.15) is 67.2 Å². The predicted octanol–water partition coefficient (Wildman–Crippen LogP) is 4.73. The minimum Gasteiger partial charge on any atom is -0.328 e. The van der Waals surface area contributed by atoms with Crippen molar-refractivity contribution in [1.82, 2.24) is 0 Å². The van der Waals surface area contributed by atoms with E-state index in [2.05, 4.69) is 53.0 Å². The summed E-state index contributed by atoms with van der Waals surface area (Å²) in [7, 11) is -1.54. The first-order valence-electron chi connectivity index (χ1n) is 8.09. The van der Waals surface area contributed by atoms with E-state index in [9.17, 15) is 0 Å². The first-order valence-corrected chi connectivity index (χ1v) is 10.3. The second-order valence-corrected chi connectivity index (χ2v) is 12.9. The van der Waals surface area contributed by atoms with E-state index in [-0.39, 0.29) is 0 Å². The maximum atomic E-state index is 6.09. The van der Waals surface area contributed by atoms with Crippen molar-refractivity contribution in [3.05, 3.63) is 0 Å². The highest BCUT2D eigenvalue weighted by molar-refractivity contribution is 6.90. The van der Waals surface area contributed by atoms with Gasteiger partial charge < -0.3 is 5.73 Å². The Hall–Kier alpha value is -0.263. The molecule has 0 spiro atoms. The highest BCUT2D eigenvalue weighted by Gasteiger charge is 2.41. The molecule has 2 N–H and O–H groups in total. The second kappa shape index (κ2) is 6.95. The summed E-state index contributed by atoms with van der Waals surface area (Å²) in [4.78, 5) is 0. The molecule has 0 aromatic heterocycles. The van der Waals surface area contributed by atoms with E-state index in [0.29, 0.717) is 12.0 Å². The number of hydrogen-bond donors (Lipinski definition) is 1. The number of rotatable bonds is 3. The minimum absolute atomic E-state index is 0.390. The third-order valence-electron chi connectivity index (χ3n) is 5.07. The van der Waals surface area contributed by atoms with Crippen LogP contribution in [0.4, 0.5) is 0 Å². The van der Waals surface area contributed by atoms with E-state index in [1.807, 2.05) is 0 Å². The number of nitrogens with two attached hydrogens (primary N) is 1. The van der Waals surface area contributed by atoms with Crippen LogP contribution in [0, 0.1) is 17.4 Å². The van der Waals surface area contributed by atoms with Gasteiger partial charge in [0.1, 0.15) is 8.07 Å². The van der Waals surface area contributed by atoms with Crippen LogP contribution in [-0.4, -0.2) is 14.1 Å². The van der Waals surface area contributed by atoms with Crippen molar-refractivity contribution in [2.24, 2.45) is 11.7 Å². The molecule has 0 heterocycles. The molecule has 2 unspecified atom stereocenters. The van der Waals surface area contributed by atoms with E-state index in [1.54, 1.807) is 0 Å². The van der Waals surface area contributed by atoms with Gasteiger partial charge in [-0.2, -0.15) is 0 Å². The summed E-state index contributed by atoms with van der Waals surface area (Å²) < 4.78 is 0. The molecule has 1 rings (SSSR count). The minimum atomic E-state index is -1.54. The lowest BCUT2D eigenvalue weighted by atomic mass is 9.87. The van der Waals surface area contributed by atoms with Gasteiger partial charge in [0.2, 0.25) is 0 Å². The first-order chi connectivity index (χ1) is 8.80. The summed E-state index contributed by atoms with van der Waals surface area (Å²) in [5.41, 5.74) is 12.1. The average Bonchev–Trinajstić information content (AvgIpc) is 2.28. The van der Waals surface area contributed by atoms with Gasteiger partial charge in [0.15, 0.2) is 0 Å². The van der Waals surface area contributed by atoms with E-state index >= 15 is 0 Å². The Labute approximate surface area is 121 Å². The van der Waals surface area contributed by atoms with Gasteiger partial charge in [-0.3, -0.25) is 0 Å². The van der Waals surface area contributed by atoms with Crippen molar-refractivity contribution in [3.63, 3.8) is 0 Å². The summed E-state index contributed by atoms with van der Waals surface area (Å²) in [5, 5.41) is 0. The molecule has 0 aromatic carbocycles. The topological polar surface area (TPSA) is 26.0 Å². The monoisotopic (exact) mass is 279 g/mol. The summed E-state index contributed by atoms with van der Waals surface area (Å²) in [5.74, 6) is 4.23. The molecule has 0 radical (unpaired) electrons.